The lowest BCUT2D eigenvalue weighted by Gasteiger charge is -2.08. The number of hydrogen-bond donors (Lipinski definition) is 1. The predicted molar refractivity (Wildman–Crippen MR) is 54.8 cm³/mol. The number of phenolic OH excluding ortho intramolecular Hbond substituents is 1. The molecule has 0 atom stereocenters. The monoisotopic (exact) mass is 192 g/mol. The fourth-order valence-corrected chi connectivity index (χ4v) is 1.21. The quantitative estimate of drug-likeness (QED) is 0.747. The minimum absolute atomic E-state index is 0.0858. The molecule has 0 heterocycles. The maximum atomic E-state index is 10.7. The second kappa shape index (κ2) is 3.96. The first-order chi connectivity index (χ1) is 6.60. The van der Waals surface area contributed by atoms with E-state index in [2.05, 4.69) is 6.58 Å². The molecule has 74 valence electrons. The maximum absolute atomic E-state index is 10.7. The molecule has 1 aromatic carbocycles. The average Bonchev–Trinajstić information content (AvgIpc) is 2.16. The highest BCUT2D eigenvalue weighted by molar-refractivity contribution is 5.88. The summed E-state index contributed by atoms with van der Waals surface area (Å²) in [5.41, 5.74) is 1.57. The van der Waals surface area contributed by atoms with Gasteiger partial charge in [0.2, 0.25) is 0 Å². The summed E-state index contributed by atoms with van der Waals surface area (Å²) in [5.74, 6) is 0.420. The first-order valence-electron chi connectivity index (χ1n) is 4.12. The molecule has 1 aromatic rings. The van der Waals surface area contributed by atoms with Crippen molar-refractivity contribution < 1.29 is 14.6 Å². The Morgan fingerprint density at radius 3 is 2.64 bits per heavy atom. The summed E-state index contributed by atoms with van der Waals surface area (Å²) in [6.45, 7) is 5.49. The summed E-state index contributed by atoms with van der Waals surface area (Å²) < 4.78 is 4.97. The van der Waals surface area contributed by atoms with Crippen molar-refractivity contribution in [2.24, 2.45) is 0 Å². The van der Waals surface area contributed by atoms with Crippen LogP contribution < -0.4 is 4.74 Å². The van der Waals surface area contributed by atoms with Crippen LogP contribution in [0, 0.1) is 0 Å². The average molecular weight is 192 g/mol. The van der Waals surface area contributed by atoms with Crippen LogP contribution in [0.2, 0.25) is 0 Å². The predicted octanol–water partition coefficient (Wildman–Crippen LogP) is 2.25. The molecule has 0 fully saturated rings. The highest BCUT2D eigenvalue weighted by atomic mass is 16.5. The van der Waals surface area contributed by atoms with Crippen molar-refractivity contribution in [2.75, 3.05) is 7.11 Å². The number of rotatable bonds is 3. The SMILES string of the molecule is C=C(C)c1cc(OC)cc(O)c1C=O. The molecule has 0 aliphatic rings. The Morgan fingerprint density at radius 2 is 2.21 bits per heavy atom. The Kier molecular flexibility index (Phi) is 2.92. The van der Waals surface area contributed by atoms with Gasteiger partial charge in [0.1, 0.15) is 11.5 Å². The van der Waals surface area contributed by atoms with E-state index in [0.29, 0.717) is 23.2 Å². The largest absolute Gasteiger partial charge is 0.507 e. The summed E-state index contributed by atoms with van der Waals surface area (Å²) in [4.78, 5) is 10.7. The zero-order chi connectivity index (χ0) is 10.7. The topological polar surface area (TPSA) is 46.5 Å². The number of hydrogen-bond acceptors (Lipinski definition) is 3. The summed E-state index contributed by atoms with van der Waals surface area (Å²) in [6.07, 6.45) is 0.610. The Labute approximate surface area is 82.6 Å². The van der Waals surface area contributed by atoms with Crippen molar-refractivity contribution in [3.63, 3.8) is 0 Å². The third-order valence-corrected chi connectivity index (χ3v) is 1.95. The fraction of sp³-hybridized carbons (Fsp3) is 0.182. The van der Waals surface area contributed by atoms with Gasteiger partial charge < -0.3 is 9.84 Å². The second-order valence-corrected chi connectivity index (χ2v) is 3.01. The van der Waals surface area contributed by atoms with Gasteiger partial charge in [0.15, 0.2) is 6.29 Å². The number of carbonyl (C=O) groups excluding carboxylic acids is 1. The fourth-order valence-electron chi connectivity index (χ4n) is 1.21. The second-order valence-electron chi connectivity index (χ2n) is 3.01. The molecule has 1 N–H and O–H groups in total. The normalized spacial score (nSPS) is 9.57. The smallest absolute Gasteiger partial charge is 0.154 e. The summed E-state index contributed by atoms with van der Waals surface area (Å²) in [7, 11) is 1.50. The van der Waals surface area contributed by atoms with Crippen LogP contribution in [0.25, 0.3) is 5.57 Å². The van der Waals surface area contributed by atoms with Crippen LogP contribution in [0.15, 0.2) is 18.7 Å². The minimum Gasteiger partial charge on any atom is -0.507 e. The van der Waals surface area contributed by atoms with E-state index < -0.39 is 0 Å². The van der Waals surface area contributed by atoms with E-state index in [4.69, 9.17) is 4.74 Å². The van der Waals surface area contributed by atoms with Crippen LogP contribution in [0.1, 0.15) is 22.8 Å². The Balaban J connectivity index is 3.43. The van der Waals surface area contributed by atoms with Crippen molar-refractivity contribution in [3.05, 3.63) is 29.8 Å². The van der Waals surface area contributed by atoms with Gasteiger partial charge in [0, 0.05) is 6.07 Å². The lowest BCUT2D eigenvalue weighted by molar-refractivity contribution is 0.112. The van der Waals surface area contributed by atoms with Crippen LogP contribution in [-0.2, 0) is 0 Å². The van der Waals surface area contributed by atoms with Gasteiger partial charge in [-0.1, -0.05) is 12.2 Å². The highest BCUT2D eigenvalue weighted by Gasteiger charge is 2.10. The van der Waals surface area contributed by atoms with E-state index in [1.807, 2.05) is 0 Å². The zero-order valence-electron chi connectivity index (χ0n) is 8.20. The van der Waals surface area contributed by atoms with Gasteiger partial charge in [-0.05, 0) is 18.6 Å². The lowest BCUT2D eigenvalue weighted by Crippen LogP contribution is -1.93. The molecular formula is C11H12O3. The molecule has 0 aromatic heterocycles. The van der Waals surface area contributed by atoms with Crippen LogP contribution >= 0.6 is 0 Å². The number of ether oxygens (including phenoxy) is 1. The standard InChI is InChI=1S/C11H12O3/c1-7(2)9-4-8(14-3)5-11(13)10(9)6-12/h4-6,13H,1H2,2-3H3. The van der Waals surface area contributed by atoms with E-state index in [-0.39, 0.29) is 11.3 Å². The van der Waals surface area contributed by atoms with Crippen molar-refractivity contribution in [3.8, 4) is 11.5 Å². The van der Waals surface area contributed by atoms with Crippen LogP contribution in [0.4, 0.5) is 0 Å². The molecular weight excluding hydrogens is 180 g/mol. The number of benzene rings is 1. The molecule has 1 rings (SSSR count). The van der Waals surface area contributed by atoms with Crippen LogP contribution in [0.5, 0.6) is 11.5 Å². The van der Waals surface area contributed by atoms with E-state index in [0.717, 1.165) is 0 Å². The number of aromatic hydroxyl groups is 1. The molecule has 0 unspecified atom stereocenters. The highest BCUT2D eigenvalue weighted by Crippen LogP contribution is 2.29. The van der Waals surface area contributed by atoms with Gasteiger partial charge in [-0.2, -0.15) is 0 Å². The summed E-state index contributed by atoms with van der Waals surface area (Å²) >= 11 is 0. The molecule has 3 nitrogen and oxygen atoms in total. The Morgan fingerprint density at radius 1 is 1.57 bits per heavy atom. The Bertz CT molecular complexity index is 380. The van der Waals surface area contributed by atoms with Crippen molar-refractivity contribution in [1.29, 1.82) is 0 Å². The van der Waals surface area contributed by atoms with E-state index >= 15 is 0 Å². The first kappa shape index (κ1) is 10.3. The molecule has 0 aliphatic heterocycles. The number of carbonyl (C=O) groups is 1. The maximum Gasteiger partial charge on any atom is 0.154 e. The molecule has 0 amide bonds. The molecule has 3 heteroatoms. The van der Waals surface area contributed by atoms with Crippen molar-refractivity contribution in [1.82, 2.24) is 0 Å². The van der Waals surface area contributed by atoms with Gasteiger partial charge in [0.25, 0.3) is 0 Å². The lowest BCUT2D eigenvalue weighted by atomic mass is 10.0. The molecule has 0 bridgehead atoms. The van der Waals surface area contributed by atoms with Gasteiger partial charge in [-0.15, -0.1) is 0 Å². The number of allylic oxidation sites excluding steroid dienone is 1. The Hall–Kier alpha value is -1.77. The molecule has 0 radical (unpaired) electrons. The van der Waals surface area contributed by atoms with Gasteiger partial charge in [0.05, 0.1) is 12.7 Å². The minimum atomic E-state index is -0.0858. The first-order valence-corrected chi connectivity index (χ1v) is 4.12. The number of phenols is 1. The van der Waals surface area contributed by atoms with Crippen LogP contribution in [0.3, 0.4) is 0 Å². The molecule has 0 saturated heterocycles. The summed E-state index contributed by atoms with van der Waals surface area (Å²) in [5, 5.41) is 9.50. The van der Waals surface area contributed by atoms with Gasteiger partial charge >= 0.3 is 0 Å². The van der Waals surface area contributed by atoms with Crippen molar-refractivity contribution in [2.45, 2.75) is 6.92 Å². The third-order valence-electron chi connectivity index (χ3n) is 1.95. The zero-order valence-corrected chi connectivity index (χ0v) is 8.20. The van der Waals surface area contributed by atoms with E-state index in [9.17, 15) is 9.90 Å². The van der Waals surface area contributed by atoms with Gasteiger partial charge in [-0.3, -0.25) is 4.79 Å². The molecule has 0 saturated carbocycles. The molecule has 0 spiro atoms. The molecule has 14 heavy (non-hydrogen) atoms. The van der Waals surface area contributed by atoms with E-state index in [1.54, 1.807) is 13.0 Å². The third kappa shape index (κ3) is 1.76. The van der Waals surface area contributed by atoms with Crippen molar-refractivity contribution >= 4 is 11.9 Å². The van der Waals surface area contributed by atoms with Crippen LogP contribution in [-0.4, -0.2) is 18.5 Å². The summed E-state index contributed by atoms with van der Waals surface area (Å²) in [6, 6.07) is 3.07. The molecule has 0 aliphatic carbocycles. The number of aldehydes is 1. The van der Waals surface area contributed by atoms with E-state index in [1.165, 1.54) is 13.2 Å². The number of methoxy groups -OCH3 is 1. The van der Waals surface area contributed by atoms with Gasteiger partial charge in [-0.25, -0.2) is 0 Å².